The lowest BCUT2D eigenvalue weighted by molar-refractivity contribution is -0.120. The number of nitrogens with zero attached hydrogens (tertiary/aromatic N) is 1. The summed E-state index contributed by atoms with van der Waals surface area (Å²) >= 11 is 0. The van der Waals surface area contributed by atoms with Crippen molar-refractivity contribution in [3.63, 3.8) is 0 Å². The molecule has 0 bridgehead atoms. The van der Waals surface area contributed by atoms with Crippen LogP contribution in [0.4, 0.5) is 17.2 Å². The Bertz CT molecular complexity index is 723. The van der Waals surface area contributed by atoms with E-state index in [9.17, 15) is 4.79 Å². The minimum absolute atomic E-state index is 0.132. The third-order valence-corrected chi connectivity index (χ3v) is 4.94. The van der Waals surface area contributed by atoms with Crippen molar-refractivity contribution in [3.8, 4) is 0 Å². The van der Waals surface area contributed by atoms with Gasteiger partial charge in [0.1, 0.15) is 5.82 Å². The van der Waals surface area contributed by atoms with Gasteiger partial charge in [0.05, 0.1) is 11.9 Å². The van der Waals surface area contributed by atoms with Crippen LogP contribution in [0.25, 0.3) is 0 Å². The van der Waals surface area contributed by atoms with Crippen molar-refractivity contribution < 1.29 is 4.79 Å². The van der Waals surface area contributed by atoms with Crippen molar-refractivity contribution in [2.45, 2.75) is 52.9 Å². The second-order valence-corrected chi connectivity index (χ2v) is 7.16. The van der Waals surface area contributed by atoms with Crippen molar-refractivity contribution in [1.82, 2.24) is 4.98 Å². The van der Waals surface area contributed by atoms with Crippen LogP contribution in [0, 0.1) is 26.7 Å². The molecule has 0 unspecified atom stereocenters. The third kappa shape index (κ3) is 4.38. The van der Waals surface area contributed by atoms with Crippen molar-refractivity contribution in [2.75, 3.05) is 10.6 Å². The number of carbonyl (C=O) groups is 1. The van der Waals surface area contributed by atoms with Crippen LogP contribution in [0.15, 0.2) is 30.5 Å². The Hall–Kier alpha value is -2.36. The molecule has 2 aromatic rings. The number of nitrogens with one attached hydrogen (secondary N) is 2. The molecule has 1 aromatic heterocycles. The average molecular weight is 337 g/mol. The first-order valence-electron chi connectivity index (χ1n) is 9.15. The van der Waals surface area contributed by atoms with Crippen LogP contribution in [-0.4, -0.2) is 10.9 Å². The van der Waals surface area contributed by atoms with Crippen LogP contribution in [0.1, 0.15) is 48.8 Å². The molecule has 3 rings (SSSR count). The summed E-state index contributed by atoms with van der Waals surface area (Å²) in [7, 11) is 0. The van der Waals surface area contributed by atoms with E-state index in [2.05, 4.69) is 48.5 Å². The van der Waals surface area contributed by atoms with Crippen molar-refractivity contribution in [1.29, 1.82) is 0 Å². The van der Waals surface area contributed by atoms with Crippen LogP contribution in [0.3, 0.4) is 0 Å². The van der Waals surface area contributed by atoms with E-state index in [1.54, 1.807) is 6.20 Å². The van der Waals surface area contributed by atoms with Gasteiger partial charge in [0, 0.05) is 11.6 Å². The Morgan fingerprint density at radius 3 is 2.32 bits per heavy atom. The number of carbonyl (C=O) groups excluding carboxylic acids is 1. The van der Waals surface area contributed by atoms with E-state index < -0.39 is 0 Å². The largest absolute Gasteiger partial charge is 0.340 e. The predicted molar refractivity (Wildman–Crippen MR) is 103 cm³/mol. The summed E-state index contributed by atoms with van der Waals surface area (Å²) in [5.74, 6) is 1.07. The fourth-order valence-corrected chi connectivity index (χ4v) is 3.66. The lowest BCUT2D eigenvalue weighted by Crippen LogP contribution is -2.24. The average Bonchev–Trinajstić information content (AvgIpc) is 2.60. The summed E-state index contributed by atoms with van der Waals surface area (Å²) in [5, 5.41) is 6.39. The molecule has 4 heteroatoms. The first-order chi connectivity index (χ1) is 12.0. The molecule has 0 radical (unpaired) electrons. The maximum absolute atomic E-state index is 12.3. The molecule has 1 aromatic carbocycles. The quantitative estimate of drug-likeness (QED) is 0.799. The molecular formula is C21H27N3O. The molecular weight excluding hydrogens is 310 g/mol. The topological polar surface area (TPSA) is 54.0 Å². The Morgan fingerprint density at radius 1 is 1.04 bits per heavy atom. The molecule has 0 atom stereocenters. The van der Waals surface area contributed by atoms with Crippen LogP contribution < -0.4 is 10.6 Å². The monoisotopic (exact) mass is 337 g/mol. The number of pyridine rings is 1. The van der Waals surface area contributed by atoms with E-state index >= 15 is 0 Å². The van der Waals surface area contributed by atoms with Gasteiger partial charge in [-0.3, -0.25) is 4.79 Å². The smallest absolute Gasteiger partial charge is 0.227 e. The van der Waals surface area contributed by atoms with E-state index in [1.807, 2.05) is 12.1 Å². The van der Waals surface area contributed by atoms with Gasteiger partial charge in [-0.1, -0.05) is 37.0 Å². The lowest BCUT2D eigenvalue weighted by Gasteiger charge is -2.20. The molecule has 1 aliphatic carbocycles. The number of hydrogen-bond donors (Lipinski definition) is 2. The molecule has 1 heterocycles. The fourth-order valence-electron chi connectivity index (χ4n) is 3.66. The predicted octanol–water partition coefficient (Wildman–Crippen LogP) is 5.27. The third-order valence-electron chi connectivity index (χ3n) is 4.94. The van der Waals surface area contributed by atoms with Gasteiger partial charge >= 0.3 is 0 Å². The number of hydrogen-bond acceptors (Lipinski definition) is 3. The highest BCUT2D eigenvalue weighted by Gasteiger charge is 2.21. The number of amides is 1. The molecule has 2 N–H and O–H groups in total. The molecule has 1 aliphatic rings. The zero-order valence-corrected chi connectivity index (χ0v) is 15.4. The van der Waals surface area contributed by atoms with Gasteiger partial charge in [0.15, 0.2) is 0 Å². The number of rotatable bonds is 4. The van der Waals surface area contributed by atoms with Gasteiger partial charge in [-0.25, -0.2) is 4.98 Å². The van der Waals surface area contributed by atoms with Gasteiger partial charge in [-0.15, -0.1) is 0 Å². The lowest BCUT2D eigenvalue weighted by atomic mass is 9.88. The van der Waals surface area contributed by atoms with Gasteiger partial charge in [-0.2, -0.15) is 0 Å². The van der Waals surface area contributed by atoms with Crippen LogP contribution >= 0.6 is 0 Å². The van der Waals surface area contributed by atoms with E-state index in [1.165, 1.54) is 23.1 Å². The molecule has 0 aliphatic heterocycles. The number of anilines is 3. The zero-order valence-electron chi connectivity index (χ0n) is 15.4. The highest BCUT2D eigenvalue weighted by molar-refractivity contribution is 5.92. The second kappa shape index (κ2) is 7.68. The van der Waals surface area contributed by atoms with Crippen LogP contribution in [-0.2, 0) is 4.79 Å². The normalized spacial score (nSPS) is 15.0. The Balaban J connectivity index is 1.65. The van der Waals surface area contributed by atoms with E-state index in [4.69, 9.17) is 0 Å². The highest BCUT2D eigenvalue weighted by atomic mass is 16.1. The molecule has 1 fully saturated rings. The molecule has 1 amide bonds. The first-order valence-corrected chi connectivity index (χ1v) is 9.15. The van der Waals surface area contributed by atoms with Crippen LogP contribution in [0.2, 0.25) is 0 Å². The maximum atomic E-state index is 12.3. The summed E-state index contributed by atoms with van der Waals surface area (Å²) < 4.78 is 0. The Kier molecular flexibility index (Phi) is 5.37. The van der Waals surface area contributed by atoms with Crippen LogP contribution in [0.5, 0.6) is 0 Å². The summed E-state index contributed by atoms with van der Waals surface area (Å²) in [6.45, 7) is 6.30. The van der Waals surface area contributed by atoms with Gasteiger partial charge in [-0.05, 0) is 56.9 Å². The Labute approximate surface area is 150 Å². The van der Waals surface area contributed by atoms with Crippen molar-refractivity contribution in [3.05, 3.63) is 47.2 Å². The van der Waals surface area contributed by atoms with E-state index in [0.717, 1.165) is 42.9 Å². The molecule has 132 valence electrons. The SMILES string of the molecule is Cc1cc(C)c(Nc2ccc(NC(=O)C3CCCCC3)cn2)c(C)c1. The second-order valence-electron chi connectivity index (χ2n) is 7.16. The standard InChI is InChI=1S/C21H27N3O/c1-14-11-15(2)20(16(3)12-14)24-19-10-9-18(13-22-19)23-21(25)17-7-5-4-6-8-17/h9-13,17H,4-8H2,1-3H3,(H,22,24)(H,23,25). The van der Waals surface area contributed by atoms with Gasteiger partial charge in [0.2, 0.25) is 5.91 Å². The molecule has 0 spiro atoms. The molecule has 4 nitrogen and oxygen atoms in total. The zero-order chi connectivity index (χ0) is 17.8. The summed E-state index contributed by atoms with van der Waals surface area (Å²) in [6.07, 6.45) is 7.31. The minimum atomic E-state index is 0.132. The summed E-state index contributed by atoms with van der Waals surface area (Å²) in [5.41, 5.74) is 5.52. The highest BCUT2D eigenvalue weighted by Crippen LogP contribution is 2.27. The minimum Gasteiger partial charge on any atom is -0.340 e. The van der Waals surface area contributed by atoms with Crippen molar-refractivity contribution in [2.24, 2.45) is 5.92 Å². The number of aromatic nitrogens is 1. The van der Waals surface area contributed by atoms with E-state index in [0.29, 0.717) is 0 Å². The van der Waals surface area contributed by atoms with Gasteiger partial charge < -0.3 is 10.6 Å². The summed E-state index contributed by atoms with van der Waals surface area (Å²) in [6, 6.07) is 8.15. The number of aryl methyl sites for hydroxylation is 3. The number of benzene rings is 1. The molecule has 1 saturated carbocycles. The summed E-state index contributed by atoms with van der Waals surface area (Å²) in [4.78, 5) is 16.8. The fraction of sp³-hybridized carbons (Fsp3) is 0.429. The maximum Gasteiger partial charge on any atom is 0.227 e. The van der Waals surface area contributed by atoms with Crippen molar-refractivity contribution >= 4 is 23.1 Å². The van der Waals surface area contributed by atoms with E-state index in [-0.39, 0.29) is 11.8 Å². The van der Waals surface area contributed by atoms with Gasteiger partial charge in [0.25, 0.3) is 0 Å². The molecule has 25 heavy (non-hydrogen) atoms. The first kappa shape index (κ1) is 17.5. The molecule has 0 saturated heterocycles. The Morgan fingerprint density at radius 2 is 1.72 bits per heavy atom.